The molecule has 2 heterocycles. The molecule has 24 heavy (non-hydrogen) atoms. The molecule has 0 unspecified atom stereocenters. The summed E-state index contributed by atoms with van der Waals surface area (Å²) in [6, 6.07) is 3.22. The van der Waals surface area contributed by atoms with Crippen LogP contribution in [0.25, 0.3) is 11.1 Å². The molecule has 0 radical (unpaired) electrons. The third kappa shape index (κ3) is 3.48. The Morgan fingerprint density at radius 3 is 2.62 bits per heavy atom. The standard InChI is InChI=1S/C18H24N4O2/c1-11-16(12(2)24-22-11)14-8-9-15(20-10-14)21-18(23)17(19)13-6-4-3-5-7-13/h8-10,13,17H,3-7,19H2,1-2H3,(H,20,21,23)/t17-/m0/s1. The van der Waals surface area contributed by atoms with E-state index in [1.807, 2.05) is 19.9 Å². The molecular formula is C18H24N4O2. The zero-order valence-corrected chi connectivity index (χ0v) is 14.2. The maximum atomic E-state index is 12.3. The Hall–Kier alpha value is -2.21. The molecular weight excluding hydrogens is 304 g/mol. The highest BCUT2D eigenvalue weighted by atomic mass is 16.5. The highest BCUT2D eigenvalue weighted by molar-refractivity contribution is 5.94. The number of hydrogen-bond acceptors (Lipinski definition) is 5. The fraction of sp³-hybridized carbons (Fsp3) is 0.500. The van der Waals surface area contributed by atoms with Crippen LogP contribution in [0.3, 0.4) is 0 Å². The van der Waals surface area contributed by atoms with Crippen molar-refractivity contribution >= 4 is 11.7 Å². The predicted octanol–water partition coefficient (Wildman–Crippen LogP) is 3.20. The Labute approximate surface area is 141 Å². The number of hydrogen-bond donors (Lipinski definition) is 2. The van der Waals surface area contributed by atoms with Crippen molar-refractivity contribution in [2.45, 2.75) is 52.0 Å². The van der Waals surface area contributed by atoms with Crippen molar-refractivity contribution in [3.05, 3.63) is 29.8 Å². The minimum atomic E-state index is -0.464. The zero-order chi connectivity index (χ0) is 17.1. The normalized spacial score (nSPS) is 16.8. The molecule has 2 aromatic heterocycles. The van der Waals surface area contributed by atoms with E-state index in [0.717, 1.165) is 48.3 Å². The summed E-state index contributed by atoms with van der Waals surface area (Å²) >= 11 is 0. The van der Waals surface area contributed by atoms with Gasteiger partial charge >= 0.3 is 0 Å². The van der Waals surface area contributed by atoms with Gasteiger partial charge in [0.2, 0.25) is 5.91 Å². The summed E-state index contributed by atoms with van der Waals surface area (Å²) in [4.78, 5) is 16.7. The number of pyridine rings is 1. The summed E-state index contributed by atoms with van der Waals surface area (Å²) in [5.74, 6) is 1.40. The summed E-state index contributed by atoms with van der Waals surface area (Å²) < 4.78 is 5.18. The van der Waals surface area contributed by atoms with Crippen LogP contribution in [0.5, 0.6) is 0 Å². The molecule has 0 saturated heterocycles. The van der Waals surface area contributed by atoms with Crippen molar-refractivity contribution in [3.63, 3.8) is 0 Å². The number of rotatable bonds is 4. The van der Waals surface area contributed by atoms with Crippen molar-refractivity contribution in [1.29, 1.82) is 0 Å². The summed E-state index contributed by atoms with van der Waals surface area (Å²) in [7, 11) is 0. The van der Waals surface area contributed by atoms with Gasteiger partial charge in [0.25, 0.3) is 0 Å². The van der Waals surface area contributed by atoms with Gasteiger partial charge in [-0.25, -0.2) is 4.98 Å². The average molecular weight is 328 g/mol. The molecule has 6 nitrogen and oxygen atoms in total. The van der Waals surface area contributed by atoms with E-state index >= 15 is 0 Å². The molecule has 128 valence electrons. The first kappa shape index (κ1) is 16.6. The van der Waals surface area contributed by atoms with Crippen LogP contribution in [0.2, 0.25) is 0 Å². The highest BCUT2D eigenvalue weighted by Gasteiger charge is 2.26. The third-order valence-corrected chi connectivity index (χ3v) is 4.80. The monoisotopic (exact) mass is 328 g/mol. The minimum absolute atomic E-state index is 0.153. The molecule has 2 aromatic rings. The summed E-state index contributed by atoms with van der Waals surface area (Å²) in [6.45, 7) is 3.76. The first-order valence-corrected chi connectivity index (χ1v) is 8.52. The maximum Gasteiger partial charge on any atom is 0.242 e. The van der Waals surface area contributed by atoms with E-state index in [1.54, 1.807) is 12.3 Å². The van der Waals surface area contributed by atoms with Crippen LogP contribution in [0.15, 0.2) is 22.9 Å². The molecule has 0 aliphatic heterocycles. The Kier molecular flexibility index (Phi) is 4.94. The number of carbonyl (C=O) groups excluding carboxylic acids is 1. The molecule has 1 aliphatic carbocycles. The van der Waals surface area contributed by atoms with E-state index in [4.69, 9.17) is 10.3 Å². The molecule has 1 atom stereocenters. The summed E-state index contributed by atoms with van der Waals surface area (Å²) in [5, 5.41) is 6.78. The number of carbonyl (C=O) groups is 1. The largest absolute Gasteiger partial charge is 0.361 e. The average Bonchev–Trinajstić information content (AvgIpc) is 2.94. The molecule has 0 bridgehead atoms. The number of nitrogens with two attached hydrogens (primary N) is 1. The van der Waals surface area contributed by atoms with Gasteiger partial charge in [-0.15, -0.1) is 0 Å². The number of nitrogens with one attached hydrogen (secondary N) is 1. The van der Waals surface area contributed by atoms with Gasteiger partial charge in [0, 0.05) is 17.3 Å². The molecule has 1 amide bonds. The second kappa shape index (κ2) is 7.13. The first-order chi connectivity index (χ1) is 11.6. The van der Waals surface area contributed by atoms with Crippen molar-refractivity contribution in [2.24, 2.45) is 11.7 Å². The predicted molar refractivity (Wildman–Crippen MR) is 92.4 cm³/mol. The second-order valence-electron chi connectivity index (χ2n) is 6.54. The van der Waals surface area contributed by atoms with E-state index in [-0.39, 0.29) is 11.8 Å². The van der Waals surface area contributed by atoms with Gasteiger partial charge in [0.05, 0.1) is 11.7 Å². The Morgan fingerprint density at radius 1 is 1.29 bits per heavy atom. The lowest BCUT2D eigenvalue weighted by molar-refractivity contribution is -0.118. The van der Waals surface area contributed by atoms with Crippen molar-refractivity contribution < 1.29 is 9.32 Å². The van der Waals surface area contributed by atoms with Crippen LogP contribution in [0, 0.1) is 19.8 Å². The molecule has 6 heteroatoms. The van der Waals surface area contributed by atoms with E-state index < -0.39 is 6.04 Å². The quantitative estimate of drug-likeness (QED) is 0.899. The van der Waals surface area contributed by atoms with E-state index in [9.17, 15) is 4.79 Å². The van der Waals surface area contributed by atoms with Crippen LogP contribution in [0.1, 0.15) is 43.6 Å². The highest BCUT2D eigenvalue weighted by Crippen LogP contribution is 2.28. The smallest absolute Gasteiger partial charge is 0.242 e. The van der Waals surface area contributed by atoms with Gasteiger partial charge in [-0.2, -0.15) is 0 Å². The van der Waals surface area contributed by atoms with E-state index in [2.05, 4.69) is 15.5 Å². The number of anilines is 1. The van der Waals surface area contributed by atoms with Gasteiger partial charge < -0.3 is 15.6 Å². The van der Waals surface area contributed by atoms with E-state index in [1.165, 1.54) is 6.42 Å². The van der Waals surface area contributed by atoms with Crippen molar-refractivity contribution in [1.82, 2.24) is 10.1 Å². The van der Waals surface area contributed by atoms with Gasteiger partial charge in [-0.05, 0) is 44.7 Å². The Morgan fingerprint density at radius 2 is 2.04 bits per heavy atom. The SMILES string of the molecule is Cc1noc(C)c1-c1ccc(NC(=O)[C@@H](N)C2CCCCC2)nc1. The zero-order valence-electron chi connectivity index (χ0n) is 14.2. The van der Waals surface area contributed by atoms with Crippen molar-refractivity contribution in [3.8, 4) is 11.1 Å². The molecule has 0 aromatic carbocycles. The van der Waals surface area contributed by atoms with Gasteiger partial charge in [-0.3, -0.25) is 4.79 Å². The maximum absolute atomic E-state index is 12.3. The third-order valence-electron chi connectivity index (χ3n) is 4.80. The van der Waals surface area contributed by atoms with Gasteiger partial charge in [0.15, 0.2) is 0 Å². The Bertz CT molecular complexity index is 683. The fourth-order valence-corrected chi connectivity index (χ4v) is 3.43. The number of aryl methyl sites for hydroxylation is 2. The molecule has 3 rings (SSSR count). The van der Waals surface area contributed by atoms with Crippen LogP contribution >= 0.6 is 0 Å². The molecule has 0 spiro atoms. The van der Waals surface area contributed by atoms with E-state index in [0.29, 0.717) is 5.82 Å². The van der Waals surface area contributed by atoms with Crippen molar-refractivity contribution in [2.75, 3.05) is 5.32 Å². The summed E-state index contributed by atoms with van der Waals surface area (Å²) in [6.07, 6.45) is 7.36. The lowest BCUT2D eigenvalue weighted by Gasteiger charge is -2.26. The van der Waals surface area contributed by atoms with Gasteiger partial charge in [0.1, 0.15) is 11.6 Å². The van der Waals surface area contributed by atoms with Crippen LogP contribution in [0.4, 0.5) is 5.82 Å². The minimum Gasteiger partial charge on any atom is -0.361 e. The lowest BCUT2D eigenvalue weighted by atomic mass is 9.84. The summed E-state index contributed by atoms with van der Waals surface area (Å²) in [5.41, 5.74) is 8.81. The number of amides is 1. The topological polar surface area (TPSA) is 94.0 Å². The molecule has 1 aliphatic rings. The molecule has 3 N–H and O–H groups in total. The Balaban J connectivity index is 1.66. The number of nitrogens with zero attached hydrogens (tertiary/aromatic N) is 2. The fourth-order valence-electron chi connectivity index (χ4n) is 3.43. The molecule has 1 fully saturated rings. The van der Waals surface area contributed by atoms with Crippen LogP contribution in [-0.4, -0.2) is 22.1 Å². The van der Waals surface area contributed by atoms with Crippen LogP contribution in [-0.2, 0) is 4.79 Å². The molecule has 1 saturated carbocycles. The lowest BCUT2D eigenvalue weighted by Crippen LogP contribution is -2.42. The first-order valence-electron chi connectivity index (χ1n) is 8.52. The second-order valence-corrected chi connectivity index (χ2v) is 6.54. The van der Waals surface area contributed by atoms with Gasteiger partial charge in [-0.1, -0.05) is 24.4 Å². The van der Waals surface area contributed by atoms with Crippen LogP contribution < -0.4 is 11.1 Å². The number of aromatic nitrogens is 2.